The van der Waals surface area contributed by atoms with Gasteiger partial charge < -0.3 is 23.7 Å². The molecular formula is C27H36O5. The summed E-state index contributed by atoms with van der Waals surface area (Å²) in [5, 5.41) is 0. The molecule has 2 aromatic rings. The molecule has 6 atom stereocenters. The Bertz CT molecular complexity index is 783. The Morgan fingerprint density at radius 3 is 1.97 bits per heavy atom. The Kier molecular flexibility index (Phi) is 8.71. The second kappa shape index (κ2) is 11.9. The van der Waals surface area contributed by atoms with E-state index in [9.17, 15) is 0 Å². The van der Waals surface area contributed by atoms with Crippen molar-refractivity contribution in [3.8, 4) is 0 Å². The molecule has 32 heavy (non-hydrogen) atoms. The summed E-state index contributed by atoms with van der Waals surface area (Å²) < 4.78 is 32.1. The first-order valence-corrected chi connectivity index (χ1v) is 12.1. The van der Waals surface area contributed by atoms with Gasteiger partial charge in [0.05, 0.1) is 6.61 Å². The number of unbranched alkanes of at least 4 members (excludes halogenated alkanes) is 2. The number of hydrogen-bond donors (Lipinski definition) is 0. The molecule has 0 aliphatic carbocycles. The lowest BCUT2D eigenvalue weighted by atomic mass is 9.90. The largest absolute Gasteiger partial charge is 0.373 e. The maximum atomic E-state index is 6.59. The zero-order valence-corrected chi connectivity index (χ0v) is 19.2. The third kappa shape index (κ3) is 5.59. The van der Waals surface area contributed by atoms with E-state index >= 15 is 0 Å². The first-order valence-electron chi connectivity index (χ1n) is 12.1. The third-order valence-electron chi connectivity index (χ3n) is 6.14. The zero-order chi connectivity index (χ0) is 22.2. The SMILES string of the molecule is CCCCO[C@@H]1[C@@H](OCCCC)[C@@H](c2ccccc2)O[C@@H]2CO[C@@H](c3ccccc3)O[C@@H]12. The van der Waals surface area contributed by atoms with Crippen LogP contribution in [0.4, 0.5) is 0 Å². The highest BCUT2D eigenvalue weighted by atomic mass is 16.7. The lowest BCUT2D eigenvalue weighted by molar-refractivity contribution is -0.339. The number of benzene rings is 2. The summed E-state index contributed by atoms with van der Waals surface area (Å²) in [6.07, 6.45) is 2.60. The molecule has 2 aliphatic rings. The molecule has 2 fully saturated rings. The van der Waals surface area contributed by atoms with Crippen molar-refractivity contribution < 1.29 is 23.7 Å². The molecule has 2 heterocycles. The highest BCUT2D eigenvalue weighted by molar-refractivity contribution is 5.21. The van der Waals surface area contributed by atoms with Gasteiger partial charge in [0.1, 0.15) is 30.5 Å². The molecule has 174 valence electrons. The summed E-state index contributed by atoms with van der Waals surface area (Å²) in [7, 11) is 0. The minimum absolute atomic E-state index is 0.210. The lowest BCUT2D eigenvalue weighted by Crippen LogP contribution is -2.60. The van der Waals surface area contributed by atoms with Gasteiger partial charge in [0.2, 0.25) is 0 Å². The van der Waals surface area contributed by atoms with Crippen LogP contribution in [0.25, 0.3) is 0 Å². The van der Waals surface area contributed by atoms with Gasteiger partial charge in [0, 0.05) is 18.8 Å². The Labute approximate surface area is 192 Å². The standard InChI is InChI=1S/C27H36O5/c1-3-5-17-28-25-23(20-13-9-7-10-14-20)31-22-19-30-27(21-15-11-8-12-16-21)32-24(22)26(25)29-18-6-4-2/h7-16,22-27H,3-6,17-19H2,1-2H3/t22-,23-,24-,25+,26+,27-/m1/s1. The molecule has 0 radical (unpaired) electrons. The molecule has 2 saturated heterocycles. The molecule has 0 N–H and O–H groups in total. The van der Waals surface area contributed by atoms with E-state index in [0.29, 0.717) is 19.8 Å². The van der Waals surface area contributed by atoms with E-state index in [0.717, 1.165) is 36.8 Å². The molecule has 2 aromatic carbocycles. The van der Waals surface area contributed by atoms with Crippen molar-refractivity contribution in [2.45, 2.75) is 76.3 Å². The summed E-state index contributed by atoms with van der Waals surface area (Å²) in [6.45, 7) is 6.17. The average molecular weight is 441 g/mol. The fourth-order valence-corrected chi connectivity index (χ4v) is 4.37. The highest BCUT2D eigenvalue weighted by Gasteiger charge is 2.51. The van der Waals surface area contributed by atoms with Gasteiger partial charge in [-0.2, -0.15) is 0 Å². The number of fused-ring (bicyclic) bond motifs is 1. The molecule has 2 aliphatic heterocycles. The van der Waals surface area contributed by atoms with Crippen LogP contribution >= 0.6 is 0 Å². The van der Waals surface area contributed by atoms with Crippen LogP contribution < -0.4 is 0 Å². The van der Waals surface area contributed by atoms with Crippen molar-refractivity contribution in [2.75, 3.05) is 19.8 Å². The van der Waals surface area contributed by atoms with E-state index in [1.807, 2.05) is 48.5 Å². The monoisotopic (exact) mass is 440 g/mol. The predicted octanol–water partition coefficient (Wildman–Crippen LogP) is 5.61. The third-order valence-corrected chi connectivity index (χ3v) is 6.14. The smallest absolute Gasteiger partial charge is 0.184 e. The molecule has 4 rings (SSSR count). The van der Waals surface area contributed by atoms with Crippen LogP contribution in [-0.2, 0) is 23.7 Å². The Morgan fingerprint density at radius 1 is 0.750 bits per heavy atom. The van der Waals surface area contributed by atoms with Crippen molar-refractivity contribution in [1.82, 2.24) is 0 Å². The van der Waals surface area contributed by atoms with E-state index in [1.165, 1.54) is 0 Å². The molecule has 5 nitrogen and oxygen atoms in total. The minimum Gasteiger partial charge on any atom is -0.373 e. The van der Waals surface area contributed by atoms with E-state index < -0.39 is 6.29 Å². The van der Waals surface area contributed by atoms with Gasteiger partial charge in [-0.25, -0.2) is 0 Å². The van der Waals surface area contributed by atoms with Crippen LogP contribution in [0.15, 0.2) is 60.7 Å². The summed E-state index contributed by atoms with van der Waals surface area (Å²) in [4.78, 5) is 0. The van der Waals surface area contributed by atoms with Crippen LogP contribution in [0.2, 0.25) is 0 Å². The van der Waals surface area contributed by atoms with Crippen LogP contribution in [0.1, 0.15) is 63.1 Å². The summed E-state index contributed by atoms with van der Waals surface area (Å²) >= 11 is 0. The molecule has 0 amide bonds. The van der Waals surface area contributed by atoms with Crippen LogP contribution in [0.5, 0.6) is 0 Å². The average Bonchev–Trinajstić information content (AvgIpc) is 2.85. The van der Waals surface area contributed by atoms with E-state index in [4.69, 9.17) is 23.7 Å². The predicted molar refractivity (Wildman–Crippen MR) is 123 cm³/mol. The van der Waals surface area contributed by atoms with Gasteiger partial charge in [-0.05, 0) is 18.4 Å². The lowest BCUT2D eigenvalue weighted by Gasteiger charge is -2.49. The maximum Gasteiger partial charge on any atom is 0.184 e. The fraction of sp³-hybridized carbons (Fsp3) is 0.556. The molecule has 0 unspecified atom stereocenters. The molecule has 0 bridgehead atoms. The van der Waals surface area contributed by atoms with Crippen LogP contribution in [0, 0.1) is 0 Å². The van der Waals surface area contributed by atoms with Crippen molar-refractivity contribution >= 4 is 0 Å². The van der Waals surface area contributed by atoms with Gasteiger partial charge in [0.25, 0.3) is 0 Å². The topological polar surface area (TPSA) is 46.2 Å². The van der Waals surface area contributed by atoms with Gasteiger partial charge in [0.15, 0.2) is 6.29 Å². The van der Waals surface area contributed by atoms with Crippen molar-refractivity contribution in [3.63, 3.8) is 0 Å². The fourth-order valence-electron chi connectivity index (χ4n) is 4.37. The van der Waals surface area contributed by atoms with Crippen molar-refractivity contribution in [1.29, 1.82) is 0 Å². The Balaban J connectivity index is 1.60. The van der Waals surface area contributed by atoms with Crippen LogP contribution in [-0.4, -0.2) is 44.2 Å². The number of hydrogen-bond acceptors (Lipinski definition) is 5. The minimum atomic E-state index is -0.428. The van der Waals surface area contributed by atoms with Crippen molar-refractivity contribution in [3.05, 3.63) is 71.8 Å². The normalized spacial score (nSPS) is 30.1. The van der Waals surface area contributed by atoms with Gasteiger partial charge in [-0.1, -0.05) is 87.4 Å². The first-order chi connectivity index (χ1) is 15.8. The van der Waals surface area contributed by atoms with Crippen LogP contribution in [0.3, 0.4) is 0 Å². The van der Waals surface area contributed by atoms with Gasteiger partial charge in [-0.15, -0.1) is 0 Å². The molecule has 0 aromatic heterocycles. The second-order valence-corrected chi connectivity index (χ2v) is 8.56. The Morgan fingerprint density at radius 2 is 1.34 bits per heavy atom. The second-order valence-electron chi connectivity index (χ2n) is 8.56. The zero-order valence-electron chi connectivity index (χ0n) is 19.2. The molecular weight excluding hydrogens is 404 g/mol. The maximum absolute atomic E-state index is 6.59. The van der Waals surface area contributed by atoms with Gasteiger partial charge in [-0.3, -0.25) is 0 Å². The molecule has 0 spiro atoms. The molecule has 0 saturated carbocycles. The first kappa shape index (κ1) is 23.4. The molecule has 5 heteroatoms. The van der Waals surface area contributed by atoms with Gasteiger partial charge >= 0.3 is 0 Å². The van der Waals surface area contributed by atoms with E-state index in [2.05, 4.69) is 26.0 Å². The number of rotatable bonds is 10. The summed E-state index contributed by atoms with van der Waals surface area (Å²) in [5.41, 5.74) is 2.11. The van der Waals surface area contributed by atoms with E-state index in [1.54, 1.807) is 0 Å². The highest BCUT2D eigenvalue weighted by Crippen LogP contribution is 2.41. The number of ether oxygens (including phenoxy) is 5. The Hall–Kier alpha value is -1.76. The summed E-state index contributed by atoms with van der Waals surface area (Å²) in [5.74, 6) is 0. The van der Waals surface area contributed by atoms with E-state index in [-0.39, 0.29) is 30.5 Å². The summed E-state index contributed by atoms with van der Waals surface area (Å²) in [6, 6.07) is 20.4. The quantitative estimate of drug-likeness (QED) is 0.449. The van der Waals surface area contributed by atoms with Crippen molar-refractivity contribution in [2.24, 2.45) is 0 Å².